The summed E-state index contributed by atoms with van der Waals surface area (Å²) in [5, 5.41) is 12.1. The molecule has 0 aliphatic carbocycles. The third-order valence-corrected chi connectivity index (χ3v) is 4.76. The molecule has 1 aromatic heterocycles. The van der Waals surface area contributed by atoms with Crippen LogP contribution in [0.3, 0.4) is 0 Å². The summed E-state index contributed by atoms with van der Waals surface area (Å²) in [6.07, 6.45) is 0. The summed E-state index contributed by atoms with van der Waals surface area (Å²) in [4.78, 5) is 6.02. The normalized spacial score (nSPS) is 11.4. The van der Waals surface area contributed by atoms with E-state index in [0.717, 1.165) is 31.3 Å². The zero-order chi connectivity index (χ0) is 17.9. The van der Waals surface area contributed by atoms with Gasteiger partial charge in [-0.2, -0.15) is 0 Å². The molecule has 3 N–H and O–H groups in total. The predicted molar refractivity (Wildman–Crippen MR) is 108 cm³/mol. The molecule has 5 nitrogen and oxygen atoms in total. The van der Waals surface area contributed by atoms with Crippen LogP contribution in [0, 0.1) is 6.92 Å². The number of nitrogens with one attached hydrogen (secondary N) is 3. The molecule has 0 aliphatic heterocycles. The smallest absolute Gasteiger partial charge is 0.191 e. The first-order valence-corrected chi connectivity index (χ1v) is 9.47. The van der Waals surface area contributed by atoms with Crippen molar-refractivity contribution < 1.29 is 4.74 Å². The van der Waals surface area contributed by atoms with Gasteiger partial charge in [-0.15, -0.1) is 11.3 Å². The van der Waals surface area contributed by atoms with Crippen molar-refractivity contribution >= 4 is 23.0 Å². The van der Waals surface area contributed by atoms with Crippen molar-refractivity contribution in [2.75, 3.05) is 32.1 Å². The van der Waals surface area contributed by atoms with Crippen LogP contribution in [0.5, 0.6) is 0 Å². The number of ether oxygens (including phenoxy) is 1. The zero-order valence-corrected chi connectivity index (χ0v) is 16.1. The molecular weight excluding hydrogens is 332 g/mol. The van der Waals surface area contributed by atoms with Gasteiger partial charge in [0.05, 0.1) is 19.7 Å². The molecule has 2 aromatic rings. The quantitative estimate of drug-likeness (QED) is 0.365. The molecule has 0 amide bonds. The number of benzene rings is 1. The number of thiophene rings is 1. The van der Waals surface area contributed by atoms with Gasteiger partial charge in [0.15, 0.2) is 5.96 Å². The number of hydrogen-bond acceptors (Lipinski definition) is 4. The maximum atomic E-state index is 5.04. The van der Waals surface area contributed by atoms with Crippen molar-refractivity contribution in [3.8, 4) is 0 Å². The van der Waals surface area contributed by atoms with Gasteiger partial charge in [0.25, 0.3) is 0 Å². The number of aliphatic imine (C=N–C) groups is 1. The molecule has 1 aromatic carbocycles. The van der Waals surface area contributed by atoms with Crippen LogP contribution in [0.2, 0.25) is 0 Å². The van der Waals surface area contributed by atoms with E-state index in [1.54, 1.807) is 18.4 Å². The van der Waals surface area contributed by atoms with Gasteiger partial charge in [-0.3, -0.25) is 0 Å². The third kappa shape index (κ3) is 6.76. The maximum Gasteiger partial charge on any atom is 0.191 e. The summed E-state index contributed by atoms with van der Waals surface area (Å²) < 4.78 is 5.04. The summed E-state index contributed by atoms with van der Waals surface area (Å²) >= 11 is 1.77. The van der Waals surface area contributed by atoms with Crippen LogP contribution in [-0.2, 0) is 17.8 Å². The Morgan fingerprint density at radius 3 is 2.60 bits per heavy atom. The summed E-state index contributed by atoms with van der Waals surface area (Å²) in [6.45, 7) is 8.03. The van der Waals surface area contributed by atoms with Gasteiger partial charge in [0.1, 0.15) is 0 Å². The summed E-state index contributed by atoms with van der Waals surface area (Å²) in [5.74, 6) is 0.845. The van der Waals surface area contributed by atoms with E-state index in [4.69, 9.17) is 4.74 Å². The lowest BCUT2D eigenvalue weighted by molar-refractivity contribution is 0.211. The fraction of sp³-hybridized carbons (Fsp3) is 0.421. The van der Waals surface area contributed by atoms with Crippen LogP contribution in [0.25, 0.3) is 0 Å². The van der Waals surface area contributed by atoms with Crippen molar-refractivity contribution in [1.29, 1.82) is 0 Å². The predicted octanol–water partition coefficient (Wildman–Crippen LogP) is 3.37. The van der Waals surface area contributed by atoms with Crippen LogP contribution in [-0.4, -0.2) is 32.8 Å². The first-order chi connectivity index (χ1) is 12.2. The van der Waals surface area contributed by atoms with Gasteiger partial charge in [-0.1, -0.05) is 12.1 Å². The van der Waals surface area contributed by atoms with E-state index in [2.05, 4.69) is 70.5 Å². The minimum atomic E-state index is 0.650. The van der Waals surface area contributed by atoms with Crippen molar-refractivity contribution in [3.05, 3.63) is 51.7 Å². The topological polar surface area (TPSA) is 57.7 Å². The first kappa shape index (κ1) is 19.3. The molecule has 0 atom stereocenters. The Labute approximate surface area is 154 Å². The van der Waals surface area contributed by atoms with E-state index in [-0.39, 0.29) is 0 Å². The van der Waals surface area contributed by atoms with E-state index in [1.807, 2.05) is 0 Å². The van der Waals surface area contributed by atoms with Crippen LogP contribution in [0.1, 0.15) is 22.9 Å². The molecule has 0 spiro atoms. The van der Waals surface area contributed by atoms with Crippen molar-refractivity contribution in [3.63, 3.8) is 0 Å². The molecule has 1 heterocycles. The average molecular weight is 361 g/mol. The Hall–Kier alpha value is -2.05. The van der Waals surface area contributed by atoms with Crippen LogP contribution in [0.4, 0.5) is 5.69 Å². The molecule has 0 fully saturated rings. The standard InChI is InChI=1S/C19H28N4OS/c1-4-20-19(23-14-18-15(2)9-12-25-18)22-13-16-5-7-17(8-6-16)21-10-11-24-3/h5-9,12,21H,4,10-11,13-14H2,1-3H3,(H2,20,22,23). The number of hydrogen-bond donors (Lipinski definition) is 3. The maximum absolute atomic E-state index is 5.04. The van der Waals surface area contributed by atoms with Gasteiger partial charge >= 0.3 is 0 Å². The van der Waals surface area contributed by atoms with E-state index in [1.165, 1.54) is 16.0 Å². The molecule has 0 aliphatic rings. The monoisotopic (exact) mass is 360 g/mol. The second-order valence-corrected chi connectivity index (χ2v) is 6.69. The van der Waals surface area contributed by atoms with Crippen LogP contribution >= 0.6 is 11.3 Å². The highest BCUT2D eigenvalue weighted by molar-refractivity contribution is 7.10. The third-order valence-electron chi connectivity index (χ3n) is 3.74. The lowest BCUT2D eigenvalue weighted by atomic mass is 10.2. The minimum absolute atomic E-state index is 0.650. The number of rotatable bonds is 9. The molecule has 0 radical (unpaired) electrons. The fourth-order valence-corrected chi connectivity index (χ4v) is 3.13. The summed E-state index contributed by atoms with van der Waals surface area (Å²) in [7, 11) is 1.71. The highest BCUT2D eigenvalue weighted by Gasteiger charge is 2.02. The Balaban J connectivity index is 1.88. The molecule has 6 heteroatoms. The molecule has 25 heavy (non-hydrogen) atoms. The molecule has 0 saturated carbocycles. The lowest BCUT2D eigenvalue weighted by Crippen LogP contribution is -2.36. The molecule has 0 unspecified atom stereocenters. The lowest BCUT2D eigenvalue weighted by Gasteiger charge is -2.11. The van der Waals surface area contributed by atoms with Crippen molar-refractivity contribution in [1.82, 2.24) is 10.6 Å². The number of anilines is 1. The van der Waals surface area contributed by atoms with Gasteiger partial charge in [0, 0.05) is 30.8 Å². The zero-order valence-electron chi connectivity index (χ0n) is 15.3. The van der Waals surface area contributed by atoms with Gasteiger partial charge in [0.2, 0.25) is 0 Å². The highest BCUT2D eigenvalue weighted by atomic mass is 32.1. The Bertz CT molecular complexity index is 652. The van der Waals surface area contributed by atoms with Gasteiger partial charge in [-0.05, 0) is 48.6 Å². The second kappa shape index (κ2) is 10.7. The average Bonchev–Trinajstić information content (AvgIpc) is 3.04. The molecule has 136 valence electrons. The number of nitrogens with zero attached hydrogens (tertiary/aromatic N) is 1. The van der Waals surface area contributed by atoms with Gasteiger partial charge < -0.3 is 20.7 Å². The summed E-state index contributed by atoms with van der Waals surface area (Å²) in [5.41, 5.74) is 3.61. The van der Waals surface area contributed by atoms with E-state index >= 15 is 0 Å². The van der Waals surface area contributed by atoms with Crippen LogP contribution in [0.15, 0.2) is 40.7 Å². The Morgan fingerprint density at radius 2 is 1.96 bits per heavy atom. The molecule has 0 bridgehead atoms. The van der Waals surface area contributed by atoms with Crippen molar-refractivity contribution in [2.24, 2.45) is 4.99 Å². The summed E-state index contributed by atoms with van der Waals surface area (Å²) in [6, 6.07) is 10.5. The van der Waals surface area contributed by atoms with Crippen LogP contribution < -0.4 is 16.0 Å². The second-order valence-electron chi connectivity index (χ2n) is 5.69. The Morgan fingerprint density at radius 1 is 1.16 bits per heavy atom. The molecular formula is C19H28N4OS. The highest BCUT2D eigenvalue weighted by Crippen LogP contribution is 2.14. The van der Waals surface area contributed by atoms with Crippen molar-refractivity contribution in [2.45, 2.75) is 26.9 Å². The van der Waals surface area contributed by atoms with E-state index in [0.29, 0.717) is 13.2 Å². The largest absolute Gasteiger partial charge is 0.383 e. The van der Waals surface area contributed by atoms with E-state index in [9.17, 15) is 0 Å². The first-order valence-electron chi connectivity index (χ1n) is 8.59. The number of guanidine groups is 1. The molecule has 0 saturated heterocycles. The fourth-order valence-electron chi connectivity index (χ4n) is 2.29. The van der Waals surface area contributed by atoms with Gasteiger partial charge in [-0.25, -0.2) is 4.99 Å². The Kier molecular flexibility index (Phi) is 8.28. The number of aryl methyl sites for hydroxylation is 1. The molecule has 2 rings (SSSR count). The van der Waals surface area contributed by atoms with E-state index < -0.39 is 0 Å². The minimum Gasteiger partial charge on any atom is -0.383 e. The number of methoxy groups -OCH3 is 1. The SMILES string of the molecule is CCNC(=NCc1ccc(NCCOC)cc1)NCc1sccc1C.